The summed E-state index contributed by atoms with van der Waals surface area (Å²) in [5.74, 6) is 0.0475. The van der Waals surface area contributed by atoms with Crippen molar-refractivity contribution in [3.8, 4) is 0 Å². The van der Waals surface area contributed by atoms with Crippen LogP contribution in [0.3, 0.4) is 0 Å². The summed E-state index contributed by atoms with van der Waals surface area (Å²) in [5, 5.41) is 0.933. The van der Waals surface area contributed by atoms with Crippen molar-refractivity contribution in [3.63, 3.8) is 0 Å². The van der Waals surface area contributed by atoms with Gasteiger partial charge in [0, 0.05) is 16.6 Å². The van der Waals surface area contributed by atoms with Gasteiger partial charge in [0.1, 0.15) is 16.3 Å². The molecule has 3 N–H and O–H groups in total. The van der Waals surface area contributed by atoms with Crippen LogP contribution in [0.4, 0.5) is 5.69 Å². The summed E-state index contributed by atoms with van der Waals surface area (Å²) in [4.78, 5) is 22.6. The Hall–Kier alpha value is -2.44. The van der Waals surface area contributed by atoms with Crippen LogP contribution in [0.1, 0.15) is 26.5 Å². The van der Waals surface area contributed by atoms with E-state index in [-0.39, 0.29) is 5.91 Å². The maximum absolute atomic E-state index is 13.1. The molecule has 4 rings (SSSR count). The summed E-state index contributed by atoms with van der Waals surface area (Å²) in [6.07, 6.45) is 0. The molecule has 1 saturated heterocycles. The first kappa shape index (κ1) is 17.9. The second-order valence-corrected chi connectivity index (χ2v) is 8.31. The number of nitrogens with zero attached hydrogens (tertiary/aromatic N) is 2. The number of anilines is 1. The number of nitrogens with one attached hydrogen (secondary N) is 1. The zero-order chi connectivity index (χ0) is 19.0. The van der Waals surface area contributed by atoms with Crippen molar-refractivity contribution < 1.29 is 9.69 Å². The molecule has 1 amide bonds. The number of benzene rings is 1. The number of hydrogen-bond donors (Lipinski definition) is 2. The fourth-order valence-electron chi connectivity index (χ4n) is 3.86. The minimum atomic E-state index is 0.0475. The Bertz CT molecular complexity index is 975. The Morgan fingerprint density at radius 3 is 2.63 bits per heavy atom. The third kappa shape index (κ3) is 3.55. The van der Waals surface area contributed by atoms with Crippen LogP contribution >= 0.6 is 11.3 Å². The molecule has 1 aliphatic rings. The van der Waals surface area contributed by atoms with Crippen LogP contribution in [0.15, 0.2) is 36.4 Å². The average Bonchev–Trinajstić information content (AvgIpc) is 2.99. The molecule has 3 heterocycles. The number of aromatic nitrogens is 1. The molecule has 27 heavy (non-hydrogen) atoms. The Morgan fingerprint density at radius 1 is 1.22 bits per heavy atom. The Labute approximate surface area is 163 Å². The molecule has 0 atom stereocenters. The summed E-state index contributed by atoms with van der Waals surface area (Å²) in [6, 6.07) is 12.6. The number of carbonyl (C=O) groups excluding carboxylic acids is 1. The highest BCUT2D eigenvalue weighted by molar-refractivity contribution is 7.21. The molecular weight excluding hydrogens is 356 g/mol. The smallest absolute Gasteiger partial charge is 0.266 e. The summed E-state index contributed by atoms with van der Waals surface area (Å²) in [6.45, 7) is 8.46. The SMILES string of the molecule is Cc1cc(C)c2c(N)c(C(=O)N3CC[NH+](Cc4ccccc4)CC3)sc2n1. The third-order valence-electron chi connectivity index (χ3n) is 5.27. The monoisotopic (exact) mass is 381 g/mol. The summed E-state index contributed by atoms with van der Waals surface area (Å²) < 4.78 is 0. The molecule has 3 aromatic rings. The lowest BCUT2D eigenvalue weighted by Crippen LogP contribution is -3.13. The second kappa shape index (κ2) is 7.29. The van der Waals surface area contributed by atoms with Gasteiger partial charge in [-0.3, -0.25) is 4.79 Å². The van der Waals surface area contributed by atoms with Crippen LogP contribution in [0, 0.1) is 13.8 Å². The lowest BCUT2D eigenvalue weighted by molar-refractivity contribution is -0.917. The molecule has 0 radical (unpaired) electrons. The van der Waals surface area contributed by atoms with Crippen LogP contribution in [0.5, 0.6) is 0 Å². The van der Waals surface area contributed by atoms with E-state index < -0.39 is 0 Å². The normalized spacial score (nSPS) is 15.4. The number of thiophene rings is 1. The van der Waals surface area contributed by atoms with Gasteiger partial charge in [0.2, 0.25) is 0 Å². The average molecular weight is 382 g/mol. The number of nitrogen functional groups attached to an aromatic ring is 1. The van der Waals surface area contributed by atoms with Gasteiger partial charge in [-0.2, -0.15) is 0 Å². The van der Waals surface area contributed by atoms with E-state index in [0.717, 1.165) is 54.2 Å². The minimum Gasteiger partial charge on any atom is -0.397 e. The number of fused-ring (bicyclic) bond motifs is 1. The highest BCUT2D eigenvalue weighted by Crippen LogP contribution is 2.35. The molecule has 1 fully saturated rings. The molecule has 0 aliphatic carbocycles. The fraction of sp³-hybridized carbons (Fsp3) is 0.333. The number of piperazine rings is 1. The van der Waals surface area contributed by atoms with Crippen LogP contribution in [-0.4, -0.2) is 42.0 Å². The van der Waals surface area contributed by atoms with E-state index >= 15 is 0 Å². The van der Waals surface area contributed by atoms with Gasteiger partial charge >= 0.3 is 0 Å². The highest BCUT2D eigenvalue weighted by atomic mass is 32.1. The predicted octanol–water partition coefficient (Wildman–Crippen LogP) is 2.04. The molecular formula is C21H25N4OS+. The van der Waals surface area contributed by atoms with Crippen LogP contribution in [0.25, 0.3) is 10.2 Å². The van der Waals surface area contributed by atoms with Gasteiger partial charge in [-0.15, -0.1) is 11.3 Å². The summed E-state index contributed by atoms with van der Waals surface area (Å²) in [7, 11) is 0. The first-order valence-corrected chi connectivity index (χ1v) is 10.2. The molecule has 5 nitrogen and oxygen atoms in total. The van der Waals surface area contributed by atoms with E-state index in [4.69, 9.17) is 5.73 Å². The molecule has 6 heteroatoms. The number of quaternary nitrogens is 1. The lowest BCUT2D eigenvalue weighted by atomic mass is 10.1. The maximum atomic E-state index is 13.1. The van der Waals surface area contributed by atoms with Gasteiger partial charge in [-0.05, 0) is 25.5 Å². The summed E-state index contributed by atoms with van der Waals surface area (Å²) in [5.41, 5.74) is 10.3. The quantitative estimate of drug-likeness (QED) is 0.730. The van der Waals surface area contributed by atoms with Crippen LogP contribution in [-0.2, 0) is 6.54 Å². The molecule has 0 bridgehead atoms. The maximum Gasteiger partial charge on any atom is 0.266 e. The van der Waals surface area contributed by atoms with E-state index in [1.54, 1.807) is 0 Å². The largest absolute Gasteiger partial charge is 0.397 e. The first-order chi connectivity index (χ1) is 13.0. The molecule has 0 saturated carbocycles. The number of hydrogen-bond acceptors (Lipinski definition) is 4. The fourth-order valence-corrected chi connectivity index (χ4v) is 5.04. The van der Waals surface area contributed by atoms with E-state index in [9.17, 15) is 4.79 Å². The number of carbonyl (C=O) groups is 1. The van der Waals surface area contributed by atoms with Gasteiger partial charge in [0.15, 0.2) is 0 Å². The molecule has 0 spiro atoms. The number of nitrogens with two attached hydrogens (primary N) is 1. The predicted molar refractivity (Wildman–Crippen MR) is 110 cm³/mol. The van der Waals surface area contributed by atoms with Crippen LogP contribution < -0.4 is 10.6 Å². The Kier molecular flexibility index (Phi) is 4.85. The van der Waals surface area contributed by atoms with Crippen molar-refractivity contribution in [1.29, 1.82) is 0 Å². The zero-order valence-corrected chi connectivity index (χ0v) is 16.6. The summed E-state index contributed by atoms with van der Waals surface area (Å²) >= 11 is 1.42. The highest BCUT2D eigenvalue weighted by Gasteiger charge is 2.28. The van der Waals surface area contributed by atoms with Gasteiger partial charge in [0.25, 0.3) is 5.91 Å². The van der Waals surface area contributed by atoms with Gasteiger partial charge in [-0.25, -0.2) is 4.98 Å². The minimum absolute atomic E-state index is 0.0475. The van der Waals surface area contributed by atoms with Gasteiger partial charge < -0.3 is 15.5 Å². The molecule has 1 aromatic carbocycles. The third-order valence-corrected chi connectivity index (χ3v) is 6.36. The van der Waals surface area contributed by atoms with Crippen molar-refractivity contribution in [3.05, 3.63) is 58.1 Å². The van der Waals surface area contributed by atoms with Crippen molar-refractivity contribution in [2.75, 3.05) is 31.9 Å². The van der Waals surface area contributed by atoms with E-state index in [0.29, 0.717) is 10.6 Å². The first-order valence-electron chi connectivity index (χ1n) is 9.36. The standard InChI is InChI=1S/C21H24N4OS/c1-14-12-15(2)23-20-17(14)18(22)19(27-20)21(26)25-10-8-24(9-11-25)13-16-6-4-3-5-7-16/h3-7,12H,8-11,13,22H2,1-2H3/p+1. The van der Waals surface area contributed by atoms with Crippen molar-refractivity contribution in [2.24, 2.45) is 0 Å². The van der Waals surface area contributed by atoms with Gasteiger partial charge in [-0.1, -0.05) is 30.3 Å². The number of rotatable bonds is 3. The second-order valence-electron chi connectivity index (χ2n) is 7.31. The molecule has 140 valence electrons. The molecule has 2 aromatic heterocycles. The van der Waals surface area contributed by atoms with Crippen LogP contribution in [0.2, 0.25) is 0 Å². The van der Waals surface area contributed by atoms with Crippen molar-refractivity contribution >= 4 is 33.1 Å². The Balaban J connectivity index is 1.47. The number of amides is 1. The Morgan fingerprint density at radius 2 is 1.93 bits per heavy atom. The topological polar surface area (TPSA) is 63.7 Å². The van der Waals surface area contributed by atoms with E-state index in [1.807, 2.05) is 30.9 Å². The number of pyridine rings is 1. The van der Waals surface area contributed by atoms with Crippen molar-refractivity contribution in [1.82, 2.24) is 9.88 Å². The van der Waals surface area contributed by atoms with E-state index in [2.05, 4.69) is 29.2 Å². The number of aryl methyl sites for hydroxylation is 2. The van der Waals surface area contributed by atoms with E-state index in [1.165, 1.54) is 21.8 Å². The molecule has 1 aliphatic heterocycles. The van der Waals surface area contributed by atoms with Crippen molar-refractivity contribution in [2.45, 2.75) is 20.4 Å². The van der Waals surface area contributed by atoms with Gasteiger partial charge in [0.05, 0.1) is 31.9 Å². The molecule has 0 unspecified atom stereocenters. The zero-order valence-electron chi connectivity index (χ0n) is 15.8. The lowest BCUT2D eigenvalue weighted by Gasteiger charge is -2.32.